The SMILES string of the molecule is CC(=O)c1ccc(N2C(=O)CC(Sc3cccc(NC(=O)/C(=C/c4ccc(C)o4)NC(=O)c4ccccc4)c3)C2=O)cc1. The average Bonchev–Trinajstić information content (AvgIpc) is 3.53. The van der Waals surface area contributed by atoms with Crippen LogP contribution in [0.25, 0.3) is 6.08 Å². The summed E-state index contributed by atoms with van der Waals surface area (Å²) in [7, 11) is 0. The van der Waals surface area contributed by atoms with Gasteiger partial charge in [0, 0.05) is 34.2 Å². The molecular weight excluding hydrogens is 566 g/mol. The number of hydrogen-bond donors (Lipinski definition) is 2. The number of benzene rings is 3. The quantitative estimate of drug-likeness (QED) is 0.146. The number of thioether (sulfide) groups is 1. The second kappa shape index (κ2) is 12.7. The Kier molecular flexibility index (Phi) is 8.68. The average molecular weight is 594 g/mol. The zero-order valence-electron chi connectivity index (χ0n) is 23.3. The van der Waals surface area contributed by atoms with E-state index in [-0.39, 0.29) is 29.7 Å². The molecule has 2 N–H and O–H groups in total. The van der Waals surface area contributed by atoms with E-state index in [1.54, 1.807) is 97.9 Å². The molecule has 43 heavy (non-hydrogen) atoms. The van der Waals surface area contributed by atoms with Crippen molar-refractivity contribution in [3.05, 3.63) is 119 Å². The molecule has 2 heterocycles. The summed E-state index contributed by atoms with van der Waals surface area (Å²) >= 11 is 1.22. The molecule has 0 spiro atoms. The first kappa shape index (κ1) is 29.3. The first-order valence-corrected chi connectivity index (χ1v) is 14.3. The number of nitrogens with one attached hydrogen (secondary N) is 2. The monoisotopic (exact) mass is 593 g/mol. The molecule has 9 nitrogen and oxygen atoms in total. The lowest BCUT2D eigenvalue weighted by Crippen LogP contribution is -2.31. The highest BCUT2D eigenvalue weighted by Gasteiger charge is 2.40. The van der Waals surface area contributed by atoms with E-state index in [0.717, 1.165) is 4.90 Å². The predicted octanol–water partition coefficient (Wildman–Crippen LogP) is 5.62. The Morgan fingerprint density at radius 2 is 1.65 bits per heavy atom. The van der Waals surface area contributed by atoms with Crippen LogP contribution in [0, 0.1) is 6.92 Å². The Hall–Kier alpha value is -5.22. The maximum Gasteiger partial charge on any atom is 0.272 e. The van der Waals surface area contributed by atoms with Crippen molar-refractivity contribution >= 4 is 58.6 Å². The van der Waals surface area contributed by atoms with E-state index in [9.17, 15) is 24.0 Å². The van der Waals surface area contributed by atoms with E-state index < -0.39 is 17.1 Å². The van der Waals surface area contributed by atoms with Gasteiger partial charge < -0.3 is 15.1 Å². The highest BCUT2D eigenvalue weighted by molar-refractivity contribution is 8.00. The van der Waals surface area contributed by atoms with Crippen LogP contribution in [0.3, 0.4) is 0 Å². The Bertz CT molecular complexity index is 1740. The molecule has 4 amide bonds. The third-order valence-electron chi connectivity index (χ3n) is 6.58. The van der Waals surface area contributed by atoms with Crippen molar-refractivity contribution in [2.24, 2.45) is 0 Å². The standard InChI is InChI=1S/C33H27N3O6S/c1-20-11-16-26(42-20)18-28(35-31(39)23-7-4-3-5-8-23)32(40)34-24-9-6-10-27(17-24)43-29-19-30(38)36(33(29)41)25-14-12-22(13-15-25)21(2)37/h3-18,29H,19H2,1-2H3,(H,34,40)(H,35,39)/b28-18-. The number of carbonyl (C=O) groups is 5. The molecule has 0 bridgehead atoms. The van der Waals surface area contributed by atoms with E-state index in [1.165, 1.54) is 24.8 Å². The summed E-state index contributed by atoms with van der Waals surface area (Å²) in [5, 5.41) is 4.80. The lowest BCUT2D eigenvalue weighted by atomic mass is 10.1. The Balaban J connectivity index is 1.30. The fourth-order valence-electron chi connectivity index (χ4n) is 4.44. The Labute approximate surface area is 252 Å². The molecular formula is C33H27N3O6S. The normalized spacial score (nSPS) is 15.0. The van der Waals surface area contributed by atoms with Crippen molar-refractivity contribution < 1.29 is 28.4 Å². The number of carbonyl (C=O) groups excluding carboxylic acids is 5. The molecule has 0 saturated carbocycles. The van der Waals surface area contributed by atoms with E-state index in [0.29, 0.717) is 38.9 Å². The molecule has 1 aliphatic heterocycles. The van der Waals surface area contributed by atoms with Crippen molar-refractivity contribution in [2.45, 2.75) is 30.4 Å². The number of rotatable bonds is 9. The van der Waals surface area contributed by atoms with Crippen LogP contribution in [0.5, 0.6) is 0 Å². The molecule has 1 fully saturated rings. The Morgan fingerprint density at radius 3 is 2.33 bits per heavy atom. The fraction of sp³-hybridized carbons (Fsp3) is 0.121. The number of nitrogens with zero attached hydrogens (tertiary/aromatic N) is 1. The number of furan rings is 1. The molecule has 5 rings (SSSR count). The third kappa shape index (κ3) is 6.99. The van der Waals surface area contributed by atoms with Gasteiger partial charge in [-0.3, -0.25) is 24.0 Å². The lowest BCUT2D eigenvalue weighted by Gasteiger charge is -2.15. The predicted molar refractivity (Wildman–Crippen MR) is 164 cm³/mol. The van der Waals surface area contributed by atoms with Gasteiger partial charge in [-0.2, -0.15) is 0 Å². The van der Waals surface area contributed by atoms with E-state index >= 15 is 0 Å². The van der Waals surface area contributed by atoms with Crippen molar-refractivity contribution in [1.29, 1.82) is 0 Å². The molecule has 1 aromatic heterocycles. The van der Waals surface area contributed by atoms with Gasteiger partial charge in [-0.15, -0.1) is 11.8 Å². The zero-order chi connectivity index (χ0) is 30.5. The van der Waals surface area contributed by atoms with Crippen LogP contribution in [0.4, 0.5) is 11.4 Å². The maximum atomic E-state index is 13.3. The number of anilines is 2. The zero-order valence-corrected chi connectivity index (χ0v) is 24.1. The van der Waals surface area contributed by atoms with Crippen LogP contribution in [-0.2, 0) is 14.4 Å². The molecule has 1 aliphatic rings. The van der Waals surface area contributed by atoms with Crippen molar-refractivity contribution in [1.82, 2.24) is 5.32 Å². The first-order chi connectivity index (χ1) is 20.7. The van der Waals surface area contributed by atoms with Gasteiger partial charge in [0.2, 0.25) is 11.8 Å². The summed E-state index contributed by atoms with van der Waals surface area (Å²) in [6, 6.07) is 25.2. The largest absolute Gasteiger partial charge is 0.462 e. The molecule has 0 aliphatic carbocycles. The highest BCUT2D eigenvalue weighted by Crippen LogP contribution is 2.35. The molecule has 4 aromatic rings. The van der Waals surface area contributed by atoms with Gasteiger partial charge in [0.05, 0.1) is 10.9 Å². The molecule has 1 saturated heterocycles. The van der Waals surface area contributed by atoms with Crippen LogP contribution in [-0.4, -0.2) is 34.7 Å². The fourth-order valence-corrected chi connectivity index (χ4v) is 5.55. The van der Waals surface area contributed by atoms with Crippen LogP contribution in [0.2, 0.25) is 0 Å². The number of amides is 4. The van der Waals surface area contributed by atoms with Gasteiger partial charge in [0.15, 0.2) is 5.78 Å². The Morgan fingerprint density at radius 1 is 0.907 bits per heavy atom. The third-order valence-corrected chi connectivity index (χ3v) is 7.76. The van der Waals surface area contributed by atoms with Gasteiger partial charge in [-0.25, -0.2) is 4.90 Å². The summed E-state index contributed by atoms with van der Waals surface area (Å²) in [6.07, 6.45) is 1.46. The summed E-state index contributed by atoms with van der Waals surface area (Å²) in [5.74, 6) is -0.792. The first-order valence-electron chi connectivity index (χ1n) is 13.4. The molecule has 3 aromatic carbocycles. The minimum atomic E-state index is -0.659. The van der Waals surface area contributed by atoms with Gasteiger partial charge in [-0.05, 0) is 80.6 Å². The summed E-state index contributed by atoms with van der Waals surface area (Å²) in [5.41, 5.74) is 1.69. The second-order valence-electron chi connectivity index (χ2n) is 9.79. The maximum absolute atomic E-state index is 13.3. The van der Waals surface area contributed by atoms with E-state index in [1.807, 2.05) is 0 Å². The van der Waals surface area contributed by atoms with Crippen LogP contribution in [0.1, 0.15) is 45.6 Å². The minimum absolute atomic E-state index is 0.00944. The number of ketones is 1. The second-order valence-corrected chi connectivity index (χ2v) is 11.1. The van der Waals surface area contributed by atoms with Crippen molar-refractivity contribution in [3.8, 4) is 0 Å². The topological polar surface area (TPSA) is 126 Å². The summed E-state index contributed by atoms with van der Waals surface area (Å²) < 4.78 is 5.58. The number of imide groups is 1. The highest BCUT2D eigenvalue weighted by atomic mass is 32.2. The summed E-state index contributed by atoms with van der Waals surface area (Å²) in [6.45, 7) is 3.22. The van der Waals surface area contributed by atoms with Crippen molar-refractivity contribution in [2.75, 3.05) is 10.2 Å². The minimum Gasteiger partial charge on any atom is -0.462 e. The number of Topliss-reactive ketones (excluding diaryl/α,β-unsaturated/α-hetero) is 1. The van der Waals surface area contributed by atoms with Gasteiger partial charge in [-0.1, -0.05) is 24.3 Å². The van der Waals surface area contributed by atoms with Gasteiger partial charge in [0.25, 0.3) is 11.8 Å². The van der Waals surface area contributed by atoms with Gasteiger partial charge in [0.1, 0.15) is 17.2 Å². The molecule has 1 unspecified atom stereocenters. The van der Waals surface area contributed by atoms with Crippen LogP contribution >= 0.6 is 11.8 Å². The van der Waals surface area contributed by atoms with Crippen molar-refractivity contribution in [3.63, 3.8) is 0 Å². The van der Waals surface area contributed by atoms with Crippen LogP contribution in [0.15, 0.2) is 106 Å². The van der Waals surface area contributed by atoms with E-state index in [4.69, 9.17) is 4.42 Å². The smallest absolute Gasteiger partial charge is 0.272 e. The molecule has 10 heteroatoms. The lowest BCUT2D eigenvalue weighted by molar-refractivity contribution is -0.121. The molecule has 1 atom stereocenters. The molecule has 216 valence electrons. The van der Waals surface area contributed by atoms with Crippen LogP contribution < -0.4 is 15.5 Å². The summed E-state index contributed by atoms with van der Waals surface area (Å²) in [4.78, 5) is 65.5. The number of hydrogen-bond acceptors (Lipinski definition) is 7. The molecule has 0 radical (unpaired) electrons. The van der Waals surface area contributed by atoms with Gasteiger partial charge >= 0.3 is 0 Å². The van der Waals surface area contributed by atoms with E-state index in [2.05, 4.69) is 10.6 Å². The number of aryl methyl sites for hydroxylation is 1.